The number of rotatable bonds is 8. The predicted molar refractivity (Wildman–Crippen MR) is 167 cm³/mol. The second-order valence-electron chi connectivity index (χ2n) is 12.8. The third kappa shape index (κ3) is 6.60. The molecule has 0 unspecified atom stereocenters. The zero-order valence-corrected chi connectivity index (χ0v) is 26.4. The average Bonchev–Trinajstić information content (AvgIpc) is 3.28. The molecule has 3 N–H and O–H groups in total. The zero-order valence-electron chi connectivity index (χ0n) is 26.4. The fourth-order valence-electron chi connectivity index (χ4n) is 7.06. The van der Waals surface area contributed by atoms with Gasteiger partial charge >= 0.3 is 12.4 Å². The van der Waals surface area contributed by atoms with Crippen LogP contribution >= 0.6 is 0 Å². The molecule has 3 aromatic rings. The van der Waals surface area contributed by atoms with E-state index < -0.39 is 71.4 Å². The van der Waals surface area contributed by atoms with E-state index >= 15 is 0 Å². The molecule has 0 spiro atoms. The number of phenols is 1. The van der Waals surface area contributed by atoms with E-state index in [2.05, 4.69) is 0 Å². The summed E-state index contributed by atoms with van der Waals surface area (Å²) in [6.07, 6.45) is -9.10. The monoisotopic (exact) mass is 675 g/mol. The molecule has 2 amide bonds. The standard InChI is InChI=1S/C36H35F6NO5/c1-18(2)26-16-27-32(34(48)43(33(27)47)23-14-21(35(37,38)39)13-22(15-23)36(40,41)42)28(17-44)31(26)30(46)10-8-19(3)12-20-9-11-29(45)25-7-5-4-6-24(20)25/h4-7,9,11-15,18,27-28,30,32,44-46H,8,10,16-17H2,1-3H3/b19-12+/t27-,28+,30-,32-/m1/s1. The van der Waals surface area contributed by atoms with Gasteiger partial charge in [-0.15, -0.1) is 0 Å². The van der Waals surface area contributed by atoms with Crippen LogP contribution in [-0.4, -0.2) is 39.8 Å². The molecule has 0 bridgehead atoms. The van der Waals surface area contributed by atoms with Crippen molar-refractivity contribution in [1.82, 2.24) is 0 Å². The van der Waals surface area contributed by atoms with E-state index in [0.717, 1.165) is 16.5 Å². The van der Waals surface area contributed by atoms with Gasteiger partial charge in [0, 0.05) is 11.3 Å². The first-order valence-corrected chi connectivity index (χ1v) is 15.5. The Labute approximate surface area is 273 Å². The smallest absolute Gasteiger partial charge is 0.416 e. The number of imide groups is 1. The van der Waals surface area contributed by atoms with Gasteiger partial charge in [-0.1, -0.05) is 61.4 Å². The Kier molecular flexibility index (Phi) is 9.55. The second-order valence-corrected chi connectivity index (χ2v) is 12.8. The lowest BCUT2D eigenvalue weighted by Crippen LogP contribution is -2.40. The van der Waals surface area contributed by atoms with Gasteiger partial charge in [-0.05, 0) is 72.9 Å². The van der Waals surface area contributed by atoms with Crippen molar-refractivity contribution in [2.45, 2.75) is 58.5 Å². The number of aromatic hydroxyl groups is 1. The van der Waals surface area contributed by atoms with Gasteiger partial charge in [0.2, 0.25) is 11.8 Å². The van der Waals surface area contributed by atoms with Crippen LogP contribution in [0.15, 0.2) is 71.3 Å². The Balaban J connectivity index is 1.45. The van der Waals surface area contributed by atoms with E-state index in [-0.39, 0.29) is 30.6 Å². The quantitative estimate of drug-likeness (QED) is 0.128. The Bertz CT molecular complexity index is 1780. The average molecular weight is 676 g/mol. The van der Waals surface area contributed by atoms with E-state index in [0.29, 0.717) is 40.0 Å². The summed E-state index contributed by atoms with van der Waals surface area (Å²) in [6, 6.07) is 11.3. The fourth-order valence-corrected chi connectivity index (χ4v) is 7.06. The number of carbonyl (C=O) groups is 2. The number of hydrogen-bond acceptors (Lipinski definition) is 5. The fraction of sp³-hybridized carbons (Fsp3) is 0.389. The first-order valence-electron chi connectivity index (χ1n) is 15.5. The summed E-state index contributed by atoms with van der Waals surface area (Å²) in [6.45, 7) is 4.80. The van der Waals surface area contributed by atoms with Gasteiger partial charge in [0.25, 0.3) is 0 Å². The van der Waals surface area contributed by atoms with Crippen molar-refractivity contribution in [2.24, 2.45) is 23.7 Å². The van der Waals surface area contributed by atoms with E-state index in [1.807, 2.05) is 31.2 Å². The summed E-state index contributed by atoms with van der Waals surface area (Å²) in [5.41, 5.74) is -1.48. The molecule has 0 radical (unpaired) electrons. The number of alkyl halides is 6. The van der Waals surface area contributed by atoms with E-state index in [1.54, 1.807) is 32.0 Å². The number of carbonyl (C=O) groups excluding carboxylic acids is 2. The molecule has 1 heterocycles. The molecule has 1 aliphatic carbocycles. The molecule has 0 aromatic heterocycles. The number of aliphatic hydroxyl groups is 2. The highest BCUT2D eigenvalue weighted by Gasteiger charge is 2.56. The van der Waals surface area contributed by atoms with Crippen LogP contribution in [0.3, 0.4) is 0 Å². The van der Waals surface area contributed by atoms with Gasteiger partial charge < -0.3 is 15.3 Å². The molecule has 48 heavy (non-hydrogen) atoms. The van der Waals surface area contributed by atoms with Crippen molar-refractivity contribution in [1.29, 1.82) is 0 Å². The molecule has 6 nitrogen and oxygen atoms in total. The van der Waals surface area contributed by atoms with Crippen LogP contribution in [0.4, 0.5) is 32.0 Å². The first kappa shape index (κ1) is 35.2. The van der Waals surface area contributed by atoms with Gasteiger partial charge in [0.05, 0.1) is 41.4 Å². The van der Waals surface area contributed by atoms with E-state index in [4.69, 9.17) is 0 Å². The number of nitrogens with zero attached hydrogens (tertiary/aromatic N) is 1. The minimum atomic E-state index is -5.19. The topological polar surface area (TPSA) is 98.1 Å². The third-order valence-corrected chi connectivity index (χ3v) is 9.35. The molecule has 256 valence electrons. The first-order chi connectivity index (χ1) is 22.4. The molecule has 1 aliphatic heterocycles. The van der Waals surface area contributed by atoms with Crippen molar-refractivity contribution < 1.29 is 51.3 Å². The van der Waals surface area contributed by atoms with Gasteiger partial charge in [0.15, 0.2) is 0 Å². The summed E-state index contributed by atoms with van der Waals surface area (Å²) in [7, 11) is 0. The molecule has 0 saturated carbocycles. The Morgan fingerprint density at radius 1 is 0.938 bits per heavy atom. The number of amides is 2. The van der Waals surface area contributed by atoms with Crippen LogP contribution in [0.1, 0.15) is 56.7 Å². The molecule has 1 fully saturated rings. The zero-order chi connectivity index (χ0) is 35.3. The number of fused-ring (bicyclic) bond motifs is 2. The largest absolute Gasteiger partial charge is 0.507 e. The highest BCUT2D eigenvalue weighted by atomic mass is 19.4. The number of aliphatic hydroxyl groups excluding tert-OH is 2. The Morgan fingerprint density at radius 2 is 1.54 bits per heavy atom. The summed E-state index contributed by atoms with van der Waals surface area (Å²) in [5, 5.41) is 33.8. The third-order valence-electron chi connectivity index (χ3n) is 9.35. The molecule has 12 heteroatoms. The minimum absolute atomic E-state index is 0.0499. The van der Waals surface area contributed by atoms with Crippen LogP contribution < -0.4 is 4.90 Å². The molecule has 2 aliphatic rings. The molecular formula is C36H35F6NO5. The van der Waals surface area contributed by atoms with Gasteiger partial charge in [-0.25, -0.2) is 4.90 Å². The van der Waals surface area contributed by atoms with E-state index in [9.17, 15) is 51.3 Å². The minimum Gasteiger partial charge on any atom is -0.507 e. The predicted octanol–water partition coefficient (Wildman–Crippen LogP) is 7.90. The van der Waals surface area contributed by atoms with Crippen molar-refractivity contribution in [2.75, 3.05) is 11.5 Å². The van der Waals surface area contributed by atoms with Crippen molar-refractivity contribution in [3.63, 3.8) is 0 Å². The summed E-state index contributed by atoms with van der Waals surface area (Å²) in [5.74, 6) is -5.62. The number of allylic oxidation sites excluding steroid dienone is 2. The van der Waals surface area contributed by atoms with Crippen LogP contribution in [-0.2, 0) is 21.9 Å². The SMILES string of the molecule is C/C(=C\c1ccc(O)c2ccccc12)CC[C@@H](O)C1=C(C(C)C)C[C@H]2C(=O)N(c3cc(C(F)(F)F)cc(C(F)(F)F)c3)C(=O)[C@H]2[C@H]1CO. The second kappa shape index (κ2) is 13.0. The van der Waals surface area contributed by atoms with Gasteiger partial charge in [-0.3, -0.25) is 9.59 Å². The van der Waals surface area contributed by atoms with Crippen molar-refractivity contribution >= 4 is 34.4 Å². The van der Waals surface area contributed by atoms with Gasteiger partial charge in [-0.2, -0.15) is 26.3 Å². The van der Waals surface area contributed by atoms with Crippen molar-refractivity contribution in [3.8, 4) is 5.75 Å². The normalized spacial score (nSPS) is 21.5. The summed E-state index contributed by atoms with van der Waals surface area (Å²) < 4.78 is 81.7. The lowest BCUT2D eigenvalue weighted by Gasteiger charge is -2.38. The van der Waals surface area contributed by atoms with Crippen LogP contribution in [0.2, 0.25) is 0 Å². The highest BCUT2D eigenvalue weighted by molar-refractivity contribution is 6.22. The number of benzene rings is 3. The maximum absolute atomic E-state index is 13.8. The number of halogens is 6. The molecule has 3 aromatic carbocycles. The Hall–Kier alpha value is -4.16. The Morgan fingerprint density at radius 3 is 2.10 bits per heavy atom. The maximum Gasteiger partial charge on any atom is 0.416 e. The van der Waals surface area contributed by atoms with Gasteiger partial charge in [0.1, 0.15) is 5.75 Å². The van der Waals surface area contributed by atoms with Crippen LogP contribution in [0, 0.1) is 23.7 Å². The lowest BCUT2D eigenvalue weighted by atomic mass is 9.66. The van der Waals surface area contributed by atoms with Crippen LogP contribution in [0.5, 0.6) is 5.75 Å². The number of phenolic OH excluding ortho intramolecular Hbond substituents is 1. The molecular weight excluding hydrogens is 640 g/mol. The molecule has 4 atom stereocenters. The maximum atomic E-state index is 13.8. The van der Waals surface area contributed by atoms with Crippen LogP contribution in [0.25, 0.3) is 16.8 Å². The number of hydrogen-bond donors (Lipinski definition) is 3. The summed E-state index contributed by atoms with van der Waals surface area (Å²) >= 11 is 0. The highest BCUT2D eigenvalue weighted by Crippen LogP contribution is 2.50. The summed E-state index contributed by atoms with van der Waals surface area (Å²) in [4.78, 5) is 27.8. The molecule has 5 rings (SSSR count). The molecule has 1 saturated heterocycles. The lowest BCUT2D eigenvalue weighted by molar-refractivity contribution is -0.143. The number of anilines is 1. The van der Waals surface area contributed by atoms with E-state index in [1.165, 1.54) is 0 Å². The van der Waals surface area contributed by atoms with Crippen molar-refractivity contribution in [3.05, 3.63) is 88.0 Å².